The standard InChI is InChI=1S/C15H19N7O2/c1-21-2-7-24-11-13(21)19-12(10-8-17-15(16)18-9-10)20-14(11)22-3-5-23-6-4-22/h8-9H,2-7H2,1H3,(H2,16,17,18). The number of nitrogens with zero attached hydrogens (tertiary/aromatic N) is 6. The second-order valence-corrected chi connectivity index (χ2v) is 5.72. The Morgan fingerprint density at radius 1 is 1.00 bits per heavy atom. The highest BCUT2D eigenvalue weighted by Gasteiger charge is 2.27. The molecule has 0 amide bonds. The second kappa shape index (κ2) is 6.08. The van der Waals surface area contributed by atoms with Crippen LogP contribution >= 0.6 is 0 Å². The highest BCUT2D eigenvalue weighted by atomic mass is 16.5. The molecule has 0 aliphatic carbocycles. The fourth-order valence-electron chi connectivity index (χ4n) is 2.78. The first kappa shape index (κ1) is 14.9. The summed E-state index contributed by atoms with van der Waals surface area (Å²) < 4.78 is 11.3. The molecule has 9 nitrogen and oxygen atoms in total. The van der Waals surface area contributed by atoms with Crippen LogP contribution in [0.1, 0.15) is 0 Å². The summed E-state index contributed by atoms with van der Waals surface area (Å²) in [5.74, 6) is 3.09. The number of nitrogen functional groups attached to an aromatic ring is 1. The van der Waals surface area contributed by atoms with E-state index in [2.05, 4.69) is 24.8 Å². The van der Waals surface area contributed by atoms with E-state index in [4.69, 9.17) is 20.2 Å². The van der Waals surface area contributed by atoms with Gasteiger partial charge >= 0.3 is 0 Å². The zero-order valence-corrected chi connectivity index (χ0v) is 13.5. The number of ether oxygens (including phenoxy) is 2. The zero-order chi connectivity index (χ0) is 16.5. The molecule has 126 valence electrons. The van der Waals surface area contributed by atoms with Crippen LogP contribution in [0.5, 0.6) is 5.75 Å². The lowest BCUT2D eigenvalue weighted by atomic mass is 10.2. The smallest absolute Gasteiger partial charge is 0.219 e. The van der Waals surface area contributed by atoms with Gasteiger partial charge in [-0.1, -0.05) is 0 Å². The van der Waals surface area contributed by atoms with Crippen LogP contribution in [0.3, 0.4) is 0 Å². The van der Waals surface area contributed by atoms with E-state index in [-0.39, 0.29) is 5.95 Å². The largest absolute Gasteiger partial charge is 0.485 e. The van der Waals surface area contributed by atoms with Crippen molar-refractivity contribution >= 4 is 17.6 Å². The molecule has 0 unspecified atom stereocenters. The first-order valence-corrected chi connectivity index (χ1v) is 7.89. The average Bonchev–Trinajstić information content (AvgIpc) is 2.63. The normalized spacial score (nSPS) is 17.4. The summed E-state index contributed by atoms with van der Waals surface area (Å²) in [6.07, 6.45) is 3.27. The third kappa shape index (κ3) is 2.67. The Bertz CT molecular complexity index is 731. The fraction of sp³-hybridized carbons (Fsp3) is 0.467. The number of hydrogen-bond acceptors (Lipinski definition) is 9. The maximum atomic E-state index is 5.89. The minimum absolute atomic E-state index is 0.227. The lowest BCUT2D eigenvalue weighted by molar-refractivity contribution is 0.122. The van der Waals surface area contributed by atoms with Crippen LogP contribution in [0.4, 0.5) is 17.6 Å². The van der Waals surface area contributed by atoms with Gasteiger partial charge < -0.3 is 25.0 Å². The van der Waals surface area contributed by atoms with E-state index in [1.807, 2.05) is 7.05 Å². The van der Waals surface area contributed by atoms with Crippen molar-refractivity contribution in [1.82, 2.24) is 19.9 Å². The van der Waals surface area contributed by atoms with Crippen molar-refractivity contribution in [2.75, 3.05) is 62.0 Å². The molecule has 2 N–H and O–H groups in total. The van der Waals surface area contributed by atoms with E-state index in [0.29, 0.717) is 25.6 Å². The molecule has 9 heteroatoms. The molecular weight excluding hydrogens is 310 g/mol. The molecule has 0 spiro atoms. The van der Waals surface area contributed by atoms with Gasteiger partial charge in [0, 0.05) is 32.5 Å². The number of anilines is 3. The highest BCUT2D eigenvalue weighted by molar-refractivity contribution is 5.71. The molecule has 0 radical (unpaired) electrons. The van der Waals surface area contributed by atoms with E-state index < -0.39 is 0 Å². The number of rotatable bonds is 2. The van der Waals surface area contributed by atoms with Gasteiger partial charge in [-0.3, -0.25) is 0 Å². The molecule has 0 saturated carbocycles. The first-order valence-electron chi connectivity index (χ1n) is 7.89. The van der Waals surface area contributed by atoms with E-state index >= 15 is 0 Å². The van der Waals surface area contributed by atoms with Crippen molar-refractivity contribution in [3.63, 3.8) is 0 Å². The molecule has 1 fully saturated rings. The Hall–Kier alpha value is -2.68. The minimum atomic E-state index is 0.227. The van der Waals surface area contributed by atoms with Gasteiger partial charge in [0.05, 0.1) is 25.3 Å². The van der Waals surface area contributed by atoms with Gasteiger partial charge in [-0.15, -0.1) is 0 Å². The number of aromatic nitrogens is 4. The quantitative estimate of drug-likeness (QED) is 0.826. The van der Waals surface area contributed by atoms with Crippen molar-refractivity contribution in [2.24, 2.45) is 0 Å². The van der Waals surface area contributed by atoms with Crippen LogP contribution < -0.4 is 20.3 Å². The first-order chi connectivity index (χ1) is 11.7. The molecule has 24 heavy (non-hydrogen) atoms. The second-order valence-electron chi connectivity index (χ2n) is 5.72. The maximum absolute atomic E-state index is 5.89. The third-order valence-corrected chi connectivity index (χ3v) is 4.11. The van der Waals surface area contributed by atoms with Crippen molar-refractivity contribution in [2.45, 2.75) is 0 Å². The van der Waals surface area contributed by atoms with E-state index in [0.717, 1.165) is 42.6 Å². The Labute approximate surface area is 139 Å². The van der Waals surface area contributed by atoms with E-state index in [1.165, 1.54) is 0 Å². The molecular formula is C15H19N7O2. The monoisotopic (exact) mass is 329 g/mol. The predicted molar refractivity (Wildman–Crippen MR) is 89.3 cm³/mol. The summed E-state index contributed by atoms with van der Waals surface area (Å²) in [5.41, 5.74) is 6.29. The summed E-state index contributed by atoms with van der Waals surface area (Å²) in [6.45, 7) is 4.30. The van der Waals surface area contributed by atoms with Gasteiger partial charge in [-0.05, 0) is 0 Å². The van der Waals surface area contributed by atoms with Crippen LogP contribution in [-0.2, 0) is 4.74 Å². The highest BCUT2D eigenvalue weighted by Crippen LogP contribution is 2.39. The number of likely N-dealkylation sites (N-methyl/N-ethyl adjacent to an activating group) is 1. The number of nitrogens with two attached hydrogens (primary N) is 1. The molecule has 4 heterocycles. The molecule has 0 bridgehead atoms. The van der Waals surface area contributed by atoms with Gasteiger partial charge in [-0.25, -0.2) is 19.9 Å². The minimum Gasteiger partial charge on any atom is -0.485 e. The van der Waals surface area contributed by atoms with Crippen LogP contribution in [0, 0.1) is 0 Å². The van der Waals surface area contributed by atoms with Gasteiger partial charge in [0.2, 0.25) is 11.7 Å². The molecule has 2 aromatic heterocycles. The van der Waals surface area contributed by atoms with Gasteiger partial charge in [0.25, 0.3) is 0 Å². The van der Waals surface area contributed by atoms with Crippen LogP contribution in [-0.4, -0.2) is 66.4 Å². The average molecular weight is 329 g/mol. The Morgan fingerprint density at radius 2 is 1.71 bits per heavy atom. The molecule has 0 atom stereocenters. The predicted octanol–water partition coefficient (Wildman–Crippen LogP) is 0.181. The van der Waals surface area contributed by atoms with Crippen LogP contribution in [0.2, 0.25) is 0 Å². The van der Waals surface area contributed by atoms with Crippen molar-refractivity contribution in [3.8, 4) is 17.1 Å². The van der Waals surface area contributed by atoms with Crippen molar-refractivity contribution in [3.05, 3.63) is 12.4 Å². The number of morpholine rings is 1. The van der Waals surface area contributed by atoms with Gasteiger partial charge in [-0.2, -0.15) is 0 Å². The SMILES string of the molecule is CN1CCOc2c1nc(-c1cnc(N)nc1)nc2N1CCOCC1. The topological polar surface area (TPSA) is 103 Å². The third-order valence-electron chi connectivity index (χ3n) is 4.11. The molecule has 2 aliphatic rings. The van der Waals surface area contributed by atoms with Crippen molar-refractivity contribution in [1.29, 1.82) is 0 Å². The molecule has 0 aromatic carbocycles. The Morgan fingerprint density at radius 3 is 2.46 bits per heavy atom. The molecule has 1 saturated heterocycles. The summed E-state index contributed by atoms with van der Waals surface area (Å²) >= 11 is 0. The lowest BCUT2D eigenvalue weighted by Gasteiger charge is -2.33. The summed E-state index contributed by atoms with van der Waals surface area (Å²) in [7, 11) is 2.00. The molecule has 4 rings (SSSR count). The van der Waals surface area contributed by atoms with Crippen molar-refractivity contribution < 1.29 is 9.47 Å². The maximum Gasteiger partial charge on any atom is 0.219 e. The Balaban J connectivity index is 1.82. The number of fused-ring (bicyclic) bond motifs is 1. The summed E-state index contributed by atoms with van der Waals surface area (Å²) in [4.78, 5) is 21.7. The Kier molecular flexibility index (Phi) is 3.77. The molecule has 2 aromatic rings. The fourth-order valence-corrected chi connectivity index (χ4v) is 2.78. The molecule has 2 aliphatic heterocycles. The lowest BCUT2D eigenvalue weighted by Crippen LogP contribution is -2.38. The van der Waals surface area contributed by atoms with Crippen LogP contribution in [0.25, 0.3) is 11.4 Å². The van der Waals surface area contributed by atoms with E-state index in [1.54, 1.807) is 12.4 Å². The van der Waals surface area contributed by atoms with E-state index in [9.17, 15) is 0 Å². The van der Waals surface area contributed by atoms with Gasteiger partial charge in [0.1, 0.15) is 6.61 Å². The van der Waals surface area contributed by atoms with Gasteiger partial charge in [0.15, 0.2) is 17.5 Å². The summed E-state index contributed by atoms with van der Waals surface area (Å²) in [5, 5.41) is 0. The zero-order valence-electron chi connectivity index (χ0n) is 13.5. The van der Waals surface area contributed by atoms with Crippen LogP contribution in [0.15, 0.2) is 12.4 Å². The summed E-state index contributed by atoms with van der Waals surface area (Å²) in [6, 6.07) is 0. The number of hydrogen-bond donors (Lipinski definition) is 1.